The van der Waals surface area contributed by atoms with E-state index in [9.17, 15) is 9.59 Å². The van der Waals surface area contributed by atoms with Gasteiger partial charge in [0.1, 0.15) is 12.4 Å². The maximum absolute atomic E-state index is 12.8. The van der Waals surface area contributed by atoms with E-state index in [0.717, 1.165) is 17.0 Å². The Morgan fingerprint density at radius 3 is 2.89 bits per heavy atom. The number of H-pyrrole nitrogens is 1. The lowest BCUT2D eigenvalue weighted by molar-refractivity contribution is -0.121. The zero-order valence-electron chi connectivity index (χ0n) is 14.7. The number of hydrogen-bond acceptors (Lipinski definition) is 3. The highest BCUT2D eigenvalue weighted by Gasteiger charge is 2.27. The van der Waals surface area contributed by atoms with Gasteiger partial charge < -0.3 is 15.0 Å². The third-order valence-electron chi connectivity index (χ3n) is 4.66. The number of carbonyl (C=O) groups excluding carboxylic acids is 1. The Labute approximate surface area is 160 Å². The van der Waals surface area contributed by atoms with Crippen LogP contribution in [0.3, 0.4) is 0 Å². The maximum Gasteiger partial charge on any atom is 0.330 e. The summed E-state index contributed by atoms with van der Waals surface area (Å²) in [7, 11) is 0. The standard InChI is InChI=1S/C20H18ClN3O3/c1-12-10-22-20(26)24(12)17-5-3-2-4-16(17)23-19(25)14-8-13-9-15(21)6-7-18(13)27-11-14/h2-7,9-10,14H,8,11H2,1H3,(H,22,26)(H,23,25). The third kappa shape index (κ3) is 3.36. The van der Waals surface area contributed by atoms with Gasteiger partial charge in [0.05, 0.1) is 17.3 Å². The van der Waals surface area contributed by atoms with Crippen LogP contribution in [0.4, 0.5) is 5.69 Å². The van der Waals surface area contributed by atoms with Crippen LogP contribution in [0.5, 0.6) is 5.75 Å². The monoisotopic (exact) mass is 383 g/mol. The van der Waals surface area contributed by atoms with E-state index in [1.54, 1.807) is 24.4 Å². The van der Waals surface area contributed by atoms with Crippen LogP contribution in [0.1, 0.15) is 11.3 Å². The lowest BCUT2D eigenvalue weighted by Gasteiger charge is -2.25. The summed E-state index contributed by atoms with van der Waals surface area (Å²) in [6, 6.07) is 12.6. The SMILES string of the molecule is Cc1c[nH]c(=O)n1-c1ccccc1NC(=O)C1COc2ccc(Cl)cc2C1. The van der Waals surface area contributed by atoms with E-state index in [1.165, 1.54) is 4.57 Å². The molecule has 0 saturated carbocycles. The van der Waals surface area contributed by atoms with Crippen LogP contribution in [0.25, 0.3) is 5.69 Å². The fourth-order valence-corrected chi connectivity index (χ4v) is 3.49. The fraction of sp³-hybridized carbons (Fsp3) is 0.200. The van der Waals surface area contributed by atoms with E-state index < -0.39 is 0 Å². The average Bonchev–Trinajstić information content (AvgIpc) is 3.00. The quantitative estimate of drug-likeness (QED) is 0.728. The largest absolute Gasteiger partial charge is 0.492 e. The number of nitrogens with zero attached hydrogens (tertiary/aromatic N) is 1. The molecule has 1 aromatic heterocycles. The molecule has 27 heavy (non-hydrogen) atoms. The second kappa shape index (κ2) is 6.96. The van der Waals surface area contributed by atoms with E-state index in [4.69, 9.17) is 16.3 Å². The summed E-state index contributed by atoms with van der Waals surface area (Å²) in [4.78, 5) is 27.6. The number of rotatable bonds is 3. The summed E-state index contributed by atoms with van der Waals surface area (Å²) in [5.74, 6) is 0.265. The molecular formula is C20H18ClN3O3. The van der Waals surface area contributed by atoms with Gasteiger partial charge in [0.25, 0.3) is 0 Å². The fourth-order valence-electron chi connectivity index (χ4n) is 3.30. The number of hydrogen-bond donors (Lipinski definition) is 2. The first kappa shape index (κ1) is 17.4. The summed E-state index contributed by atoms with van der Waals surface area (Å²) in [5, 5.41) is 3.56. The van der Waals surface area contributed by atoms with Gasteiger partial charge in [-0.1, -0.05) is 23.7 Å². The third-order valence-corrected chi connectivity index (χ3v) is 4.90. The van der Waals surface area contributed by atoms with Crippen LogP contribution in [0, 0.1) is 12.8 Å². The minimum atomic E-state index is -0.340. The summed E-state index contributed by atoms with van der Waals surface area (Å²) in [6.45, 7) is 2.12. The number of halogens is 1. The number of fused-ring (bicyclic) bond motifs is 1. The molecule has 0 bridgehead atoms. The highest BCUT2D eigenvalue weighted by atomic mass is 35.5. The summed E-state index contributed by atoms with van der Waals surface area (Å²) in [6.07, 6.45) is 2.18. The Morgan fingerprint density at radius 1 is 1.30 bits per heavy atom. The first-order valence-corrected chi connectivity index (χ1v) is 8.99. The molecule has 6 nitrogen and oxygen atoms in total. The van der Waals surface area contributed by atoms with Gasteiger partial charge in [-0.2, -0.15) is 0 Å². The van der Waals surface area contributed by atoms with E-state index in [1.807, 2.05) is 31.2 Å². The molecule has 4 rings (SSSR count). The van der Waals surface area contributed by atoms with Crippen LogP contribution < -0.4 is 15.7 Å². The highest BCUT2D eigenvalue weighted by molar-refractivity contribution is 6.30. The lowest BCUT2D eigenvalue weighted by atomic mass is 9.96. The molecule has 1 aliphatic heterocycles. The van der Waals surface area contributed by atoms with Crippen molar-refractivity contribution >= 4 is 23.2 Å². The number of imidazole rings is 1. The maximum atomic E-state index is 12.8. The number of aryl methyl sites for hydroxylation is 1. The van der Waals surface area contributed by atoms with Crippen molar-refractivity contribution in [3.63, 3.8) is 0 Å². The van der Waals surface area contributed by atoms with Crippen molar-refractivity contribution in [1.29, 1.82) is 0 Å². The molecule has 2 aromatic carbocycles. The highest BCUT2D eigenvalue weighted by Crippen LogP contribution is 2.30. The Hall–Kier alpha value is -2.99. The summed E-state index contributed by atoms with van der Waals surface area (Å²) < 4.78 is 7.24. The van der Waals surface area contributed by atoms with E-state index in [2.05, 4.69) is 10.3 Å². The van der Waals surface area contributed by atoms with Crippen molar-refractivity contribution in [3.8, 4) is 11.4 Å². The molecule has 0 saturated heterocycles. The molecule has 2 heterocycles. The van der Waals surface area contributed by atoms with Crippen molar-refractivity contribution in [2.75, 3.05) is 11.9 Å². The van der Waals surface area contributed by atoms with E-state index in [0.29, 0.717) is 29.4 Å². The number of para-hydroxylation sites is 2. The molecule has 1 amide bonds. The van der Waals surface area contributed by atoms with Crippen molar-refractivity contribution in [3.05, 3.63) is 75.4 Å². The molecule has 138 valence electrons. The average molecular weight is 384 g/mol. The second-order valence-corrected chi connectivity index (χ2v) is 6.98. The molecule has 0 aliphatic carbocycles. The van der Waals surface area contributed by atoms with Gasteiger partial charge in [-0.15, -0.1) is 0 Å². The molecule has 2 N–H and O–H groups in total. The number of ether oxygens (including phenoxy) is 1. The van der Waals surface area contributed by atoms with Crippen molar-refractivity contribution in [2.45, 2.75) is 13.3 Å². The minimum absolute atomic E-state index is 0.158. The van der Waals surface area contributed by atoms with Crippen molar-refractivity contribution in [1.82, 2.24) is 9.55 Å². The summed E-state index contributed by atoms with van der Waals surface area (Å²) in [5.41, 5.74) is 2.61. The van der Waals surface area contributed by atoms with E-state index in [-0.39, 0.29) is 17.5 Å². The molecule has 1 atom stereocenters. The first-order chi connectivity index (χ1) is 13.0. The van der Waals surface area contributed by atoms with Crippen LogP contribution >= 0.6 is 11.6 Å². The van der Waals surface area contributed by atoms with Gasteiger partial charge in [-0.25, -0.2) is 4.79 Å². The zero-order valence-corrected chi connectivity index (χ0v) is 15.4. The molecule has 3 aromatic rings. The Morgan fingerprint density at radius 2 is 2.11 bits per heavy atom. The number of amides is 1. The predicted molar refractivity (Wildman–Crippen MR) is 104 cm³/mol. The van der Waals surface area contributed by atoms with Gasteiger partial charge >= 0.3 is 5.69 Å². The smallest absolute Gasteiger partial charge is 0.330 e. The number of carbonyl (C=O) groups is 1. The second-order valence-electron chi connectivity index (χ2n) is 6.54. The van der Waals surface area contributed by atoms with E-state index >= 15 is 0 Å². The Bertz CT molecular complexity index is 1070. The van der Waals surface area contributed by atoms with Gasteiger partial charge in [0.2, 0.25) is 5.91 Å². The van der Waals surface area contributed by atoms with Crippen molar-refractivity contribution in [2.24, 2.45) is 5.92 Å². The normalized spacial score (nSPS) is 15.7. The number of nitrogens with one attached hydrogen (secondary N) is 2. The molecule has 0 fully saturated rings. The van der Waals surface area contributed by atoms with Crippen LogP contribution in [-0.2, 0) is 11.2 Å². The molecule has 0 radical (unpaired) electrons. The number of aromatic amines is 1. The predicted octanol–water partition coefficient (Wildman–Crippen LogP) is 3.32. The van der Waals surface area contributed by atoms with Gasteiger partial charge in [0, 0.05) is 16.9 Å². The molecule has 1 aliphatic rings. The summed E-state index contributed by atoms with van der Waals surface area (Å²) >= 11 is 6.05. The molecule has 0 spiro atoms. The zero-order chi connectivity index (χ0) is 19.0. The van der Waals surface area contributed by atoms with Gasteiger partial charge in [0.15, 0.2) is 0 Å². The van der Waals surface area contributed by atoms with Gasteiger partial charge in [-0.3, -0.25) is 9.36 Å². The van der Waals surface area contributed by atoms with Crippen LogP contribution in [0.2, 0.25) is 5.02 Å². The topological polar surface area (TPSA) is 76.1 Å². The Kier molecular flexibility index (Phi) is 4.49. The number of anilines is 1. The number of aromatic nitrogens is 2. The molecule has 7 heteroatoms. The van der Waals surface area contributed by atoms with Crippen LogP contribution in [0.15, 0.2) is 53.5 Å². The molecular weight excluding hydrogens is 366 g/mol. The van der Waals surface area contributed by atoms with Gasteiger partial charge in [-0.05, 0) is 49.2 Å². The molecule has 1 unspecified atom stereocenters. The Balaban J connectivity index is 1.59. The number of benzene rings is 2. The lowest BCUT2D eigenvalue weighted by Crippen LogP contribution is -2.33. The minimum Gasteiger partial charge on any atom is -0.492 e. The first-order valence-electron chi connectivity index (χ1n) is 8.61. The van der Waals surface area contributed by atoms with Crippen molar-refractivity contribution < 1.29 is 9.53 Å². The van der Waals surface area contributed by atoms with Crippen LogP contribution in [-0.4, -0.2) is 22.1 Å².